The maximum atomic E-state index is 12.6. The van der Waals surface area contributed by atoms with E-state index in [1.807, 2.05) is 18.2 Å². The molecule has 7 heteroatoms. The SMILES string of the molecule is O=C(NC[C@H]1CCOc2ccccc2C1)c1cc(=O)nc2sccn12. The maximum Gasteiger partial charge on any atom is 0.274 e. The van der Waals surface area contributed by atoms with E-state index in [4.69, 9.17) is 4.74 Å². The molecule has 3 heterocycles. The van der Waals surface area contributed by atoms with Crippen molar-refractivity contribution in [2.75, 3.05) is 13.2 Å². The predicted molar refractivity (Wildman–Crippen MR) is 95.4 cm³/mol. The quantitative estimate of drug-likeness (QED) is 0.781. The normalized spacial score (nSPS) is 16.7. The number of fused-ring (bicyclic) bond motifs is 2. The van der Waals surface area contributed by atoms with E-state index in [2.05, 4.69) is 16.4 Å². The predicted octanol–water partition coefficient (Wildman–Crippen LogP) is 2.13. The largest absolute Gasteiger partial charge is 0.493 e. The van der Waals surface area contributed by atoms with Crippen molar-refractivity contribution in [1.29, 1.82) is 0 Å². The molecule has 0 fully saturated rings. The molecule has 2 aromatic heterocycles. The zero-order valence-electron chi connectivity index (χ0n) is 13.5. The highest BCUT2D eigenvalue weighted by Gasteiger charge is 2.19. The van der Waals surface area contributed by atoms with E-state index in [-0.39, 0.29) is 5.91 Å². The second-order valence-corrected chi connectivity index (χ2v) is 6.93. The van der Waals surface area contributed by atoms with Crippen LogP contribution in [-0.4, -0.2) is 28.4 Å². The zero-order valence-corrected chi connectivity index (χ0v) is 14.3. The van der Waals surface area contributed by atoms with Crippen molar-refractivity contribution < 1.29 is 9.53 Å². The van der Waals surface area contributed by atoms with Gasteiger partial charge in [0.1, 0.15) is 11.4 Å². The van der Waals surface area contributed by atoms with Gasteiger partial charge in [0.2, 0.25) is 0 Å². The molecule has 25 heavy (non-hydrogen) atoms. The van der Waals surface area contributed by atoms with Crippen molar-refractivity contribution >= 4 is 22.2 Å². The molecule has 0 unspecified atom stereocenters. The number of aromatic nitrogens is 2. The molecule has 1 amide bonds. The summed E-state index contributed by atoms with van der Waals surface area (Å²) in [6.07, 6.45) is 3.48. The molecule has 6 nitrogen and oxygen atoms in total. The van der Waals surface area contributed by atoms with Gasteiger partial charge in [0.15, 0.2) is 4.96 Å². The van der Waals surface area contributed by atoms with Crippen LogP contribution in [0.25, 0.3) is 4.96 Å². The lowest BCUT2D eigenvalue weighted by Crippen LogP contribution is -2.32. The van der Waals surface area contributed by atoms with Crippen LogP contribution in [0.3, 0.4) is 0 Å². The molecule has 0 bridgehead atoms. The summed E-state index contributed by atoms with van der Waals surface area (Å²) in [6.45, 7) is 1.18. The molecule has 0 saturated heterocycles. The number of para-hydroxylation sites is 1. The molecule has 1 aliphatic heterocycles. The van der Waals surface area contributed by atoms with Crippen LogP contribution in [0.1, 0.15) is 22.5 Å². The smallest absolute Gasteiger partial charge is 0.274 e. The van der Waals surface area contributed by atoms with E-state index in [0.29, 0.717) is 29.7 Å². The van der Waals surface area contributed by atoms with Gasteiger partial charge in [0, 0.05) is 24.2 Å². The number of nitrogens with zero attached hydrogens (tertiary/aromatic N) is 2. The summed E-state index contributed by atoms with van der Waals surface area (Å²) in [5.74, 6) is 0.965. The number of nitrogens with one attached hydrogen (secondary N) is 1. The first kappa shape index (κ1) is 15.8. The average Bonchev–Trinajstić information content (AvgIpc) is 2.97. The Morgan fingerprint density at radius 1 is 1.40 bits per heavy atom. The molecule has 0 aliphatic carbocycles. The fraction of sp³-hybridized carbons (Fsp3) is 0.278. The van der Waals surface area contributed by atoms with Gasteiger partial charge in [-0.3, -0.25) is 14.0 Å². The van der Waals surface area contributed by atoms with E-state index in [0.717, 1.165) is 18.6 Å². The minimum Gasteiger partial charge on any atom is -0.493 e. The molecule has 1 N–H and O–H groups in total. The Morgan fingerprint density at radius 2 is 2.28 bits per heavy atom. The van der Waals surface area contributed by atoms with Crippen LogP contribution in [0, 0.1) is 5.92 Å². The lowest BCUT2D eigenvalue weighted by Gasteiger charge is -2.15. The molecule has 0 radical (unpaired) electrons. The van der Waals surface area contributed by atoms with Gasteiger partial charge in [-0.2, -0.15) is 4.98 Å². The van der Waals surface area contributed by atoms with E-state index in [1.165, 1.54) is 23.0 Å². The Hall–Kier alpha value is -2.67. The van der Waals surface area contributed by atoms with Crippen LogP contribution in [-0.2, 0) is 6.42 Å². The number of carbonyl (C=O) groups excluding carboxylic acids is 1. The zero-order chi connectivity index (χ0) is 17.2. The Labute approximate surface area is 148 Å². The average molecular weight is 355 g/mol. The van der Waals surface area contributed by atoms with Crippen molar-refractivity contribution in [2.45, 2.75) is 12.8 Å². The minimum atomic E-state index is -0.399. The molecule has 1 aromatic carbocycles. The maximum absolute atomic E-state index is 12.6. The second-order valence-electron chi connectivity index (χ2n) is 6.06. The highest BCUT2D eigenvalue weighted by atomic mass is 32.1. The number of rotatable bonds is 3. The number of hydrogen-bond acceptors (Lipinski definition) is 5. The highest BCUT2D eigenvalue weighted by Crippen LogP contribution is 2.26. The van der Waals surface area contributed by atoms with E-state index in [1.54, 1.807) is 16.0 Å². The van der Waals surface area contributed by atoms with Crippen molar-refractivity contribution in [3.8, 4) is 5.75 Å². The van der Waals surface area contributed by atoms with Gasteiger partial charge in [0.25, 0.3) is 11.5 Å². The van der Waals surface area contributed by atoms with Crippen molar-refractivity contribution in [3.63, 3.8) is 0 Å². The lowest BCUT2D eigenvalue weighted by molar-refractivity contribution is 0.0939. The summed E-state index contributed by atoms with van der Waals surface area (Å²) < 4.78 is 7.41. The van der Waals surface area contributed by atoms with Gasteiger partial charge in [-0.1, -0.05) is 18.2 Å². The lowest BCUT2D eigenvalue weighted by atomic mass is 9.97. The van der Waals surface area contributed by atoms with E-state index in [9.17, 15) is 9.59 Å². The Morgan fingerprint density at radius 3 is 3.20 bits per heavy atom. The number of thiazole rings is 1. The fourth-order valence-corrected chi connectivity index (χ4v) is 3.81. The molecule has 1 aliphatic rings. The number of hydrogen-bond donors (Lipinski definition) is 1. The molecule has 0 saturated carbocycles. The van der Waals surface area contributed by atoms with E-state index >= 15 is 0 Å². The van der Waals surface area contributed by atoms with Crippen LogP contribution in [0.5, 0.6) is 5.75 Å². The third-order valence-electron chi connectivity index (χ3n) is 4.36. The monoisotopic (exact) mass is 355 g/mol. The fourth-order valence-electron chi connectivity index (χ4n) is 3.09. The summed E-state index contributed by atoms with van der Waals surface area (Å²) in [5.41, 5.74) is 1.09. The number of ether oxygens (including phenoxy) is 1. The number of carbonyl (C=O) groups is 1. The molecule has 4 rings (SSSR count). The summed E-state index contributed by atoms with van der Waals surface area (Å²) >= 11 is 1.33. The van der Waals surface area contributed by atoms with Gasteiger partial charge in [-0.25, -0.2) is 0 Å². The van der Waals surface area contributed by atoms with Gasteiger partial charge in [0.05, 0.1) is 6.61 Å². The first-order valence-electron chi connectivity index (χ1n) is 8.16. The summed E-state index contributed by atoms with van der Waals surface area (Å²) in [6, 6.07) is 9.29. The third kappa shape index (κ3) is 3.28. The molecule has 1 atom stereocenters. The Balaban J connectivity index is 1.48. The van der Waals surface area contributed by atoms with E-state index < -0.39 is 5.56 Å². The van der Waals surface area contributed by atoms with Gasteiger partial charge in [-0.05, 0) is 30.4 Å². The topological polar surface area (TPSA) is 72.7 Å². The third-order valence-corrected chi connectivity index (χ3v) is 5.12. The van der Waals surface area contributed by atoms with Crippen LogP contribution in [0.2, 0.25) is 0 Å². The number of benzene rings is 1. The summed E-state index contributed by atoms with van der Waals surface area (Å²) in [7, 11) is 0. The molecule has 3 aromatic rings. The Kier molecular flexibility index (Phi) is 4.23. The van der Waals surface area contributed by atoms with Crippen LogP contribution < -0.4 is 15.6 Å². The van der Waals surface area contributed by atoms with Crippen LogP contribution in [0.15, 0.2) is 46.7 Å². The van der Waals surface area contributed by atoms with Crippen molar-refractivity contribution in [3.05, 3.63) is 63.5 Å². The van der Waals surface area contributed by atoms with Gasteiger partial charge < -0.3 is 10.1 Å². The first-order valence-corrected chi connectivity index (χ1v) is 9.04. The Bertz CT molecular complexity index is 979. The van der Waals surface area contributed by atoms with Crippen molar-refractivity contribution in [1.82, 2.24) is 14.7 Å². The number of amides is 1. The highest BCUT2D eigenvalue weighted by molar-refractivity contribution is 7.15. The summed E-state index contributed by atoms with van der Waals surface area (Å²) in [4.78, 5) is 28.7. The van der Waals surface area contributed by atoms with Crippen LogP contribution >= 0.6 is 11.3 Å². The van der Waals surface area contributed by atoms with Crippen LogP contribution in [0.4, 0.5) is 0 Å². The molecular weight excluding hydrogens is 338 g/mol. The molecule has 0 spiro atoms. The van der Waals surface area contributed by atoms with Gasteiger partial charge in [-0.15, -0.1) is 11.3 Å². The first-order chi connectivity index (χ1) is 12.2. The standard InChI is InChI=1S/C18H17N3O3S/c22-16-10-14(21-6-8-25-18(21)20-16)17(23)19-11-12-5-7-24-15-4-2-1-3-13(15)9-12/h1-4,6,8,10,12H,5,7,9,11H2,(H,19,23)/t12-/m0/s1. The minimum absolute atomic E-state index is 0.258. The molecule has 128 valence electrons. The van der Waals surface area contributed by atoms with Crippen molar-refractivity contribution in [2.24, 2.45) is 5.92 Å². The second kappa shape index (κ2) is 6.68. The van der Waals surface area contributed by atoms with Gasteiger partial charge >= 0.3 is 0 Å². The molecular formula is C18H17N3O3S. The summed E-state index contributed by atoms with van der Waals surface area (Å²) in [5, 5.41) is 4.76.